The standard InChI is InChI=1S/C5H2FIN.Li/c6-5-4(7)2-1-3-8-5;/h1,3H;. The molecule has 0 aliphatic carbocycles. The Morgan fingerprint density at radius 2 is 2.33 bits per heavy atom. The maximum absolute atomic E-state index is 12.5. The number of aromatic nitrogens is 1. The van der Waals surface area contributed by atoms with Crippen LogP contribution in [0.5, 0.6) is 0 Å². The first kappa shape index (κ1) is 7.51. The molecule has 4 heteroatoms. The fraction of sp³-hybridized carbons (Fsp3) is 0. The monoisotopic (exact) mass is 229 g/mol. The third-order valence-corrected chi connectivity index (χ3v) is 2.34. The van der Waals surface area contributed by atoms with Crippen LogP contribution in [0.2, 0.25) is 0 Å². The van der Waals surface area contributed by atoms with Crippen LogP contribution >= 0.6 is 22.6 Å². The van der Waals surface area contributed by atoms with Crippen LogP contribution in [0.25, 0.3) is 0 Å². The Bertz CT molecular complexity index is 208. The average molecular weight is 229 g/mol. The Labute approximate surface area is 75.4 Å². The van der Waals surface area contributed by atoms with Gasteiger partial charge in [-0.1, -0.05) is 0 Å². The van der Waals surface area contributed by atoms with E-state index >= 15 is 0 Å². The van der Waals surface area contributed by atoms with Gasteiger partial charge in [-0.3, -0.25) is 0 Å². The first-order valence-electron chi connectivity index (χ1n) is 2.48. The van der Waals surface area contributed by atoms with Gasteiger partial charge >= 0.3 is 75.7 Å². The van der Waals surface area contributed by atoms with Crippen molar-refractivity contribution in [3.05, 3.63) is 21.8 Å². The number of pyridine rings is 1. The molecule has 0 bridgehead atoms. The minimum atomic E-state index is -0.379. The summed E-state index contributed by atoms with van der Waals surface area (Å²) in [5, 5.41) is 0. The van der Waals surface area contributed by atoms with E-state index in [1.54, 1.807) is 6.07 Å². The number of halogens is 2. The summed E-state index contributed by atoms with van der Waals surface area (Å²) in [6.07, 6.45) is 1.47. The molecule has 0 atom stereocenters. The van der Waals surface area contributed by atoms with E-state index in [-0.39, 0.29) is 5.95 Å². The van der Waals surface area contributed by atoms with Gasteiger partial charge in [0.05, 0.1) is 0 Å². The van der Waals surface area contributed by atoms with E-state index in [9.17, 15) is 4.39 Å². The van der Waals surface area contributed by atoms with Gasteiger partial charge in [-0.15, -0.1) is 0 Å². The van der Waals surface area contributed by atoms with E-state index in [2.05, 4.69) is 4.98 Å². The van der Waals surface area contributed by atoms with Gasteiger partial charge in [-0.2, -0.15) is 0 Å². The third-order valence-electron chi connectivity index (χ3n) is 1.04. The Kier molecular flexibility index (Phi) is 2.50. The third kappa shape index (κ3) is 1.66. The second-order valence-electron chi connectivity index (χ2n) is 1.73. The molecule has 0 aromatic carbocycles. The van der Waals surface area contributed by atoms with Gasteiger partial charge in [0.25, 0.3) is 0 Å². The van der Waals surface area contributed by atoms with E-state index in [1.165, 1.54) is 6.20 Å². The topological polar surface area (TPSA) is 12.9 Å². The Hall–Kier alpha value is 0.407. The molecule has 0 spiro atoms. The van der Waals surface area contributed by atoms with Crippen LogP contribution < -0.4 is 4.24 Å². The normalized spacial score (nSPS) is 9.78. The summed E-state index contributed by atoms with van der Waals surface area (Å²) in [4.78, 5) is 3.47. The van der Waals surface area contributed by atoms with Crippen LogP contribution in [0.3, 0.4) is 0 Å². The SMILES string of the molecule is [Li][c]1ccnc(F)c1I. The molecule has 0 fully saturated rings. The molecule has 1 heterocycles. The number of nitrogens with zero attached hydrogens (tertiary/aromatic N) is 1. The van der Waals surface area contributed by atoms with E-state index in [1.807, 2.05) is 40.3 Å². The Morgan fingerprint density at radius 1 is 1.67 bits per heavy atom. The Morgan fingerprint density at radius 3 is 2.78 bits per heavy atom. The van der Waals surface area contributed by atoms with Crippen molar-refractivity contribution in [2.45, 2.75) is 0 Å². The predicted octanol–water partition coefficient (Wildman–Crippen LogP) is 0.619. The van der Waals surface area contributed by atoms with Crippen molar-refractivity contribution < 1.29 is 4.39 Å². The van der Waals surface area contributed by atoms with Crippen molar-refractivity contribution in [1.82, 2.24) is 4.98 Å². The van der Waals surface area contributed by atoms with Crippen molar-refractivity contribution in [3.63, 3.8) is 0 Å². The van der Waals surface area contributed by atoms with Gasteiger partial charge in [-0.05, 0) is 0 Å². The maximum atomic E-state index is 12.5. The molecule has 0 amide bonds. The minimum absolute atomic E-state index is 0.379. The molecular formula is C5H2FILiN. The molecular weight excluding hydrogens is 227 g/mol. The first-order valence-corrected chi connectivity index (χ1v) is 3.56. The van der Waals surface area contributed by atoms with Crippen LogP contribution in [-0.2, 0) is 0 Å². The summed E-state index contributed by atoms with van der Waals surface area (Å²) in [5.41, 5.74) is 0. The molecule has 1 aromatic heterocycles. The van der Waals surface area contributed by atoms with E-state index < -0.39 is 0 Å². The van der Waals surface area contributed by atoms with Gasteiger partial charge in [0, 0.05) is 0 Å². The van der Waals surface area contributed by atoms with Crippen molar-refractivity contribution >= 4 is 44.5 Å². The van der Waals surface area contributed by atoms with Gasteiger partial charge in [0.15, 0.2) is 0 Å². The molecule has 1 rings (SSSR count). The zero-order valence-electron chi connectivity index (χ0n) is 4.86. The van der Waals surface area contributed by atoms with Crippen molar-refractivity contribution in [2.24, 2.45) is 0 Å². The van der Waals surface area contributed by atoms with Crippen molar-refractivity contribution in [2.75, 3.05) is 0 Å². The van der Waals surface area contributed by atoms with Crippen LogP contribution in [0.1, 0.15) is 0 Å². The summed E-state index contributed by atoms with van der Waals surface area (Å²) in [5.74, 6) is -0.379. The van der Waals surface area contributed by atoms with Gasteiger partial charge in [0.1, 0.15) is 0 Å². The second kappa shape index (κ2) is 3.00. The summed E-state index contributed by atoms with van der Waals surface area (Å²) >= 11 is 3.79. The fourth-order valence-corrected chi connectivity index (χ4v) is 0.826. The van der Waals surface area contributed by atoms with Gasteiger partial charge in [-0.25, -0.2) is 0 Å². The molecule has 0 N–H and O–H groups in total. The van der Waals surface area contributed by atoms with Crippen LogP contribution in [0.4, 0.5) is 4.39 Å². The van der Waals surface area contributed by atoms with Gasteiger partial charge < -0.3 is 0 Å². The summed E-state index contributed by atoms with van der Waals surface area (Å²) in [7, 11) is 0. The second-order valence-corrected chi connectivity index (χ2v) is 2.81. The van der Waals surface area contributed by atoms with Gasteiger partial charge in [0.2, 0.25) is 0 Å². The number of rotatable bonds is 0. The molecule has 9 heavy (non-hydrogen) atoms. The molecule has 1 nitrogen and oxygen atoms in total. The average Bonchev–Trinajstić information content (AvgIpc) is 1.83. The van der Waals surface area contributed by atoms with E-state index in [4.69, 9.17) is 0 Å². The summed E-state index contributed by atoms with van der Waals surface area (Å²) in [6, 6.07) is 1.78. The molecule has 0 saturated carbocycles. The molecule has 1 aromatic rings. The molecule has 0 aliphatic rings. The quantitative estimate of drug-likeness (QED) is 0.361. The van der Waals surface area contributed by atoms with Crippen LogP contribution in [0, 0.1) is 9.52 Å². The molecule has 0 unspecified atom stereocenters. The Balaban J connectivity index is 3.25. The van der Waals surface area contributed by atoms with Crippen LogP contribution in [-0.4, -0.2) is 22.7 Å². The van der Waals surface area contributed by atoms with Crippen LogP contribution in [0.15, 0.2) is 12.3 Å². The zero-order chi connectivity index (χ0) is 6.85. The van der Waals surface area contributed by atoms with E-state index in [0.717, 1.165) is 4.24 Å². The fourth-order valence-electron chi connectivity index (χ4n) is 0.507. The van der Waals surface area contributed by atoms with Crippen molar-refractivity contribution in [3.8, 4) is 0 Å². The molecule has 42 valence electrons. The molecule has 0 aliphatic heterocycles. The molecule has 0 saturated heterocycles. The van der Waals surface area contributed by atoms with E-state index in [0.29, 0.717) is 3.57 Å². The first-order chi connectivity index (χ1) is 4.22. The number of hydrogen-bond donors (Lipinski definition) is 0. The summed E-state index contributed by atoms with van der Waals surface area (Å²) < 4.78 is 14.0. The zero-order valence-corrected chi connectivity index (χ0v) is 7.02. The van der Waals surface area contributed by atoms with Crippen molar-refractivity contribution in [1.29, 1.82) is 0 Å². The number of hydrogen-bond acceptors (Lipinski definition) is 1. The predicted molar refractivity (Wildman–Crippen MR) is 42.3 cm³/mol. The molecule has 0 radical (unpaired) electrons. The summed E-state index contributed by atoms with van der Waals surface area (Å²) in [6.45, 7) is 0.